The average molecular weight is 247 g/mol. The summed E-state index contributed by atoms with van der Waals surface area (Å²) in [6, 6.07) is 5.40. The Bertz CT molecular complexity index is 442. The first-order valence-corrected chi connectivity index (χ1v) is 6.68. The van der Waals surface area contributed by atoms with Crippen molar-refractivity contribution < 1.29 is 9.90 Å². The van der Waals surface area contributed by atoms with Crippen LogP contribution in [0.3, 0.4) is 0 Å². The van der Waals surface area contributed by atoms with E-state index in [1.54, 1.807) is 12.1 Å². The monoisotopic (exact) mass is 247 g/mol. The number of phenolic OH excluding ortho intramolecular Hbond substituents is 1. The summed E-state index contributed by atoms with van der Waals surface area (Å²) < 4.78 is 0. The summed E-state index contributed by atoms with van der Waals surface area (Å²) in [5.41, 5.74) is 1.33. The van der Waals surface area contributed by atoms with Crippen LogP contribution >= 0.6 is 0 Å². The van der Waals surface area contributed by atoms with Crippen LogP contribution in [0.25, 0.3) is 0 Å². The van der Waals surface area contributed by atoms with E-state index in [1.807, 2.05) is 13.0 Å². The molecule has 1 saturated carbocycles. The van der Waals surface area contributed by atoms with E-state index in [9.17, 15) is 9.90 Å². The fourth-order valence-electron chi connectivity index (χ4n) is 2.61. The number of hydrogen-bond donors (Lipinski definition) is 2. The number of carbonyl (C=O) groups is 1. The van der Waals surface area contributed by atoms with Gasteiger partial charge in [0.25, 0.3) is 5.91 Å². The Balaban J connectivity index is 2.07. The van der Waals surface area contributed by atoms with Crippen LogP contribution in [0.1, 0.15) is 48.5 Å². The van der Waals surface area contributed by atoms with Crippen LogP contribution < -0.4 is 5.32 Å². The van der Waals surface area contributed by atoms with E-state index in [0.717, 1.165) is 12.0 Å². The van der Waals surface area contributed by atoms with Crippen molar-refractivity contribution in [1.82, 2.24) is 5.32 Å². The van der Waals surface area contributed by atoms with Crippen molar-refractivity contribution in [3.05, 3.63) is 29.3 Å². The van der Waals surface area contributed by atoms with Gasteiger partial charge < -0.3 is 10.4 Å². The smallest absolute Gasteiger partial charge is 0.255 e. The maximum absolute atomic E-state index is 12.1. The van der Waals surface area contributed by atoms with Gasteiger partial charge in [-0.1, -0.05) is 25.8 Å². The molecular formula is C15H21NO2. The minimum absolute atomic E-state index is 0.0657. The number of aryl methyl sites for hydroxylation is 1. The molecule has 1 amide bonds. The Morgan fingerprint density at radius 2 is 2.06 bits per heavy atom. The lowest BCUT2D eigenvalue weighted by atomic mass is 9.86. The standard InChI is InChI=1S/C15H21NO2/c1-10-7-8-12(14(17)9-10)15(18)16-13-6-4-3-5-11(13)2/h7-9,11,13,17H,3-6H2,1-2H3,(H,16,18). The van der Waals surface area contributed by atoms with Crippen molar-refractivity contribution in [2.75, 3.05) is 0 Å². The lowest BCUT2D eigenvalue weighted by Gasteiger charge is -2.29. The second-order valence-electron chi connectivity index (χ2n) is 5.36. The van der Waals surface area contributed by atoms with E-state index in [1.165, 1.54) is 19.3 Å². The van der Waals surface area contributed by atoms with Crippen LogP contribution in [0.15, 0.2) is 18.2 Å². The minimum Gasteiger partial charge on any atom is -0.507 e. The third-order valence-corrected chi connectivity index (χ3v) is 3.83. The molecule has 2 rings (SSSR count). The van der Waals surface area contributed by atoms with Gasteiger partial charge in [0.1, 0.15) is 5.75 Å². The molecule has 0 saturated heterocycles. The predicted octanol–water partition coefficient (Wildman–Crippen LogP) is 3.01. The summed E-state index contributed by atoms with van der Waals surface area (Å²) in [7, 11) is 0. The van der Waals surface area contributed by atoms with Crippen molar-refractivity contribution in [2.45, 2.75) is 45.6 Å². The Hall–Kier alpha value is -1.51. The summed E-state index contributed by atoms with van der Waals surface area (Å²) >= 11 is 0. The van der Waals surface area contributed by atoms with Crippen molar-refractivity contribution >= 4 is 5.91 Å². The van der Waals surface area contributed by atoms with Gasteiger partial charge in [-0.25, -0.2) is 0 Å². The highest BCUT2D eigenvalue weighted by Crippen LogP contribution is 2.25. The Morgan fingerprint density at radius 1 is 1.33 bits per heavy atom. The average Bonchev–Trinajstić information content (AvgIpc) is 2.32. The lowest BCUT2D eigenvalue weighted by Crippen LogP contribution is -2.41. The highest BCUT2D eigenvalue weighted by molar-refractivity contribution is 5.97. The number of amides is 1. The van der Waals surface area contributed by atoms with Gasteiger partial charge in [-0.15, -0.1) is 0 Å². The Labute approximate surface area is 108 Å². The van der Waals surface area contributed by atoms with Crippen LogP contribution in [-0.2, 0) is 0 Å². The highest BCUT2D eigenvalue weighted by atomic mass is 16.3. The number of hydrogen-bond acceptors (Lipinski definition) is 2. The fourth-order valence-corrected chi connectivity index (χ4v) is 2.61. The molecule has 1 fully saturated rings. The summed E-state index contributed by atoms with van der Waals surface area (Å²) in [6.07, 6.45) is 4.64. The number of benzene rings is 1. The number of nitrogens with one attached hydrogen (secondary N) is 1. The fraction of sp³-hybridized carbons (Fsp3) is 0.533. The molecule has 3 nitrogen and oxygen atoms in total. The van der Waals surface area contributed by atoms with Crippen LogP contribution in [0, 0.1) is 12.8 Å². The van der Waals surface area contributed by atoms with Gasteiger partial charge in [0.2, 0.25) is 0 Å². The van der Waals surface area contributed by atoms with E-state index in [0.29, 0.717) is 11.5 Å². The van der Waals surface area contributed by atoms with E-state index >= 15 is 0 Å². The van der Waals surface area contributed by atoms with Gasteiger partial charge in [0.05, 0.1) is 5.56 Å². The number of aromatic hydroxyl groups is 1. The molecule has 98 valence electrons. The Morgan fingerprint density at radius 3 is 2.72 bits per heavy atom. The van der Waals surface area contributed by atoms with Gasteiger partial charge in [-0.2, -0.15) is 0 Å². The zero-order valence-electron chi connectivity index (χ0n) is 11.1. The second kappa shape index (κ2) is 5.42. The first-order valence-electron chi connectivity index (χ1n) is 6.68. The molecule has 0 spiro atoms. The molecule has 0 aromatic heterocycles. The highest BCUT2D eigenvalue weighted by Gasteiger charge is 2.24. The van der Waals surface area contributed by atoms with Crippen LogP contribution in [0.2, 0.25) is 0 Å². The van der Waals surface area contributed by atoms with Crippen molar-refractivity contribution in [3.8, 4) is 5.75 Å². The van der Waals surface area contributed by atoms with E-state index < -0.39 is 0 Å². The molecule has 1 aliphatic rings. The number of carbonyl (C=O) groups excluding carboxylic acids is 1. The van der Waals surface area contributed by atoms with Gasteiger partial charge in [0, 0.05) is 6.04 Å². The topological polar surface area (TPSA) is 49.3 Å². The Kier molecular flexibility index (Phi) is 3.90. The van der Waals surface area contributed by atoms with Crippen molar-refractivity contribution in [1.29, 1.82) is 0 Å². The zero-order chi connectivity index (χ0) is 13.1. The molecule has 2 atom stereocenters. The van der Waals surface area contributed by atoms with E-state index in [2.05, 4.69) is 12.2 Å². The van der Waals surface area contributed by atoms with E-state index in [-0.39, 0.29) is 17.7 Å². The molecule has 18 heavy (non-hydrogen) atoms. The van der Waals surface area contributed by atoms with Crippen molar-refractivity contribution in [2.24, 2.45) is 5.92 Å². The molecule has 0 radical (unpaired) electrons. The zero-order valence-corrected chi connectivity index (χ0v) is 11.1. The molecule has 1 aliphatic carbocycles. The molecule has 0 heterocycles. The molecule has 1 aromatic rings. The quantitative estimate of drug-likeness (QED) is 0.844. The molecule has 1 aromatic carbocycles. The van der Waals surface area contributed by atoms with Crippen LogP contribution in [0.4, 0.5) is 0 Å². The summed E-state index contributed by atoms with van der Waals surface area (Å²) in [5, 5.41) is 12.8. The molecule has 0 aliphatic heterocycles. The molecule has 0 bridgehead atoms. The van der Waals surface area contributed by atoms with E-state index in [4.69, 9.17) is 0 Å². The van der Waals surface area contributed by atoms with Gasteiger partial charge in [0.15, 0.2) is 0 Å². The van der Waals surface area contributed by atoms with Gasteiger partial charge >= 0.3 is 0 Å². The number of rotatable bonds is 2. The molecule has 3 heteroatoms. The third kappa shape index (κ3) is 2.84. The van der Waals surface area contributed by atoms with Gasteiger partial charge in [-0.3, -0.25) is 4.79 Å². The molecular weight excluding hydrogens is 226 g/mol. The minimum atomic E-state index is -0.161. The summed E-state index contributed by atoms with van der Waals surface area (Å²) in [5.74, 6) is 0.428. The maximum atomic E-state index is 12.1. The van der Waals surface area contributed by atoms with Crippen molar-refractivity contribution in [3.63, 3.8) is 0 Å². The third-order valence-electron chi connectivity index (χ3n) is 3.83. The normalized spacial score (nSPS) is 23.7. The molecule has 2 unspecified atom stereocenters. The van der Waals surface area contributed by atoms with Crippen LogP contribution in [-0.4, -0.2) is 17.1 Å². The maximum Gasteiger partial charge on any atom is 0.255 e. The second-order valence-corrected chi connectivity index (χ2v) is 5.36. The number of phenols is 1. The lowest BCUT2D eigenvalue weighted by molar-refractivity contribution is 0.0907. The molecule has 2 N–H and O–H groups in total. The first kappa shape index (κ1) is 12.9. The predicted molar refractivity (Wildman–Crippen MR) is 71.7 cm³/mol. The largest absolute Gasteiger partial charge is 0.507 e. The summed E-state index contributed by atoms with van der Waals surface area (Å²) in [4.78, 5) is 12.1. The van der Waals surface area contributed by atoms with Crippen LogP contribution in [0.5, 0.6) is 5.75 Å². The summed E-state index contributed by atoms with van der Waals surface area (Å²) in [6.45, 7) is 4.07. The SMILES string of the molecule is Cc1ccc(C(=O)NC2CCCCC2C)c(O)c1. The van der Waals surface area contributed by atoms with Gasteiger partial charge in [-0.05, 0) is 43.4 Å². The first-order chi connectivity index (χ1) is 8.58.